The van der Waals surface area contributed by atoms with Gasteiger partial charge in [-0.25, -0.2) is 13.4 Å². The molecule has 96 valence electrons. The second kappa shape index (κ2) is 5.38. The Morgan fingerprint density at radius 2 is 2.05 bits per heavy atom. The summed E-state index contributed by atoms with van der Waals surface area (Å²) in [6.07, 6.45) is 1.40. The zero-order valence-electron chi connectivity index (χ0n) is 9.54. The summed E-state index contributed by atoms with van der Waals surface area (Å²) in [5.74, 6) is 0. The summed E-state index contributed by atoms with van der Waals surface area (Å²) >= 11 is 3.16. The number of nitriles is 1. The zero-order chi connectivity index (χ0) is 13.9. The molecule has 0 atom stereocenters. The van der Waals surface area contributed by atoms with E-state index in [1.165, 1.54) is 24.4 Å². The van der Waals surface area contributed by atoms with E-state index in [9.17, 15) is 8.42 Å². The third-order valence-electron chi connectivity index (χ3n) is 2.25. The molecule has 1 aromatic carbocycles. The first-order valence-electron chi connectivity index (χ1n) is 5.16. The van der Waals surface area contributed by atoms with Crippen LogP contribution in [-0.4, -0.2) is 13.4 Å². The molecule has 0 unspecified atom stereocenters. The number of nitrogens with zero attached hydrogens (tertiary/aromatic N) is 2. The van der Waals surface area contributed by atoms with E-state index >= 15 is 0 Å². The predicted octanol–water partition coefficient (Wildman–Crippen LogP) is 2.52. The molecule has 0 radical (unpaired) electrons. The average molecular weight is 338 g/mol. The van der Waals surface area contributed by atoms with Crippen LogP contribution in [0.15, 0.2) is 52.1 Å². The highest BCUT2D eigenvalue weighted by molar-refractivity contribution is 9.10. The van der Waals surface area contributed by atoms with Crippen molar-refractivity contribution >= 4 is 31.6 Å². The lowest BCUT2D eigenvalue weighted by Gasteiger charge is -2.07. The van der Waals surface area contributed by atoms with E-state index in [0.717, 1.165) is 0 Å². The van der Waals surface area contributed by atoms with Crippen LogP contribution >= 0.6 is 15.9 Å². The molecule has 1 heterocycles. The van der Waals surface area contributed by atoms with Crippen molar-refractivity contribution in [3.8, 4) is 6.07 Å². The fraction of sp³-hybridized carbons (Fsp3) is 0. The zero-order valence-corrected chi connectivity index (χ0v) is 11.9. The Labute approximate surface area is 119 Å². The maximum Gasteiger partial charge on any atom is 0.261 e. The van der Waals surface area contributed by atoms with E-state index < -0.39 is 10.0 Å². The minimum atomic E-state index is -3.72. The molecule has 0 bridgehead atoms. The topological polar surface area (TPSA) is 82.8 Å². The standard InChI is InChI=1S/C12H8BrN3O2S/c13-12-5-4-10(8-15-12)16-19(17,18)11-3-1-2-9(6-11)7-14/h1-6,8,16H. The van der Waals surface area contributed by atoms with Crippen LogP contribution in [0.3, 0.4) is 0 Å². The van der Waals surface area contributed by atoms with Crippen molar-refractivity contribution in [2.24, 2.45) is 0 Å². The number of hydrogen-bond donors (Lipinski definition) is 1. The summed E-state index contributed by atoms with van der Waals surface area (Å²) in [5.41, 5.74) is 0.641. The van der Waals surface area contributed by atoms with Gasteiger partial charge in [0.15, 0.2) is 0 Å². The Bertz CT molecular complexity index is 736. The molecule has 0 saturated carbocycles. The van der Waals surface area contributed by atoms with Crippen LogP contribution in [0.1, 0.15) is 5.56 Å². The van der Waals surface area contributed by atoms with Gasteiger partial charge >= 0.3 is 0 Å². The number of benzene rings is 1. The molecule has 1 N–H and O–H groups in total. The number of sulfonamides is 1. The van der Waals surface area contributed by atoms with E-state index in [4.69, 9.17) is 5.26 Å². The van der Waals surface area contributed by atoms with E-state index in [0.29, 0.717) is 10.3 Å². The number of nitrogens with one attached hydrogen (secondary N) is 1. The molecule has 0 amide bonds. The van der Waals surface area contributed by atoms with Crippen molar-refractivity contribution in [1.29, 1.82) is 5.26 Å². The summed E-state index contributed by atoms with van der Waals surface area (Å²) in [6, 6.07) is 10.9. The van der Waals surface area contributed by atoms with Crippen molar-refractivity contribution in [3.63, 3.8) is 0 Å². The molecule has 0 saturated heterocycles. The highest BCUT2D eigenvalue weighted by atomic mass is 79.9. The van der Waals surface area contributed by atoms with Crippen LogP contribution in [0, 0.1) is 11.3 Å². The van der Waals surface area contributed by atoms with E-state index in [1.807, 2.05) is 6.07 Å². The van der Waals surface area contributed by atoms with E-state index in [-0.39, 0.29) is 10.5 Å². The summed E-state index contributed by atoms with van der Waals surface area (Å²) < 4.78 is 27.2. The van der Waals surface area contributed by atoms with Crippen LogP contribution in [0.4, 0.5) is 5.69 Å². The Morgan fingerprint density at radius 3 is 2.68 bits per heavy atom. The third kappa shape index (κ3) is 3.30. The number of rotatable bonds is 3. The molecule has 2 rings (SSSR count). The summed E-state index contributed by atoms with van der Waals surface area (Å²) in [5, 5.41) is 8.77. The maximum atomic E-state index is 12.1. The lowest BCUT2D eigenvalue weighted by Crippen LogP contribution is -2.13. The molecule has 0 aliphatic carbocycles. The van der Waals surface area contributed by atoms with Gasteiger partial charge < -0.3 is 0 Å². The molecule has 0 spiro atoms. The SMILES string of the molecule is N#Cc1cccc(S(=O)(=O)Nc2ccc(Br)nc2)c1. The Kier molecular flexibility index (Phi) is 3.83. The normalized spacial score (nSPS) is 10.7. The first kappa shape index (κ1) is 13.5. The van der Waals surface area contributed by atoms with Crippen LogP contribution in [-0.2, 0) is 10.0 Å². The lowest BCUT2D eigenvalue weighted by molar-refractivity contribution is 0.601. The Hall–Kier alpha value is -1.91. The molecule has 5 nitrogen and oxygen atoms in total. The van der Waals surface area contributed by atoms with Gasteiger partial charge in [-0.3, -0.25) is 4.72 Å². The predicted molar refractivity (Wildman–Crippen MR) is 73.9 cm³/mol. The fourth-order valence-corrected chi connectivity index (χ4v) is 2.71. The number of halogens is 1. The molecule has 1 aromatic heterocycles. The molecule has 7 heteroatoms. The molecular formula is C12H8BrN3O2S. The van der Waals surface area contributed by atoms with Gasteiger partial charge in [-0.05, 0) is 46.3 Å². The van der Waals surface area contributed by atoms with Crippen LogP contribution < -0.4 is 4.72 Å². The second-order valence-corrected chi connectivity index (χ2v) is 6.11. The molecule has 0 fully saturated rings. The van der Waals surface area contributed by atoms with Gasteiger partial charge in [0.1, 0.15) is 4.60 Å². The van der Waals surface area contributed by atoms with Crippen LogP contribution in [0.2, 0.25) is 0 Å². The van der Waals surface area contributed by atoms with E-state index in [1.54, 1.807) is 18.2 Å². The smallest absolute Gasteiger partial charge is 0.261 e. The molecule has 0 aliphatic heterocycles. The summed E-state index contributed by atoms with van der Waals surface area (Å²) in [7, 11) is -3.72. The van der Waals surface area contributed by atoms with Crippen molar-refractivity contribution in [3.05, 3.63) is 52.8 Å². The Balaban J connectivity index is 2.32. The van der Waals surface area contributed by atoms with Gasteiger partial charge in [0.25, 0.3) is 10.0 Å². The van der Waals surface area contributed by atoms with Gasteiger partial charge in [-0.2, -0.15) is 5.26 Å². The quantitative estimate of drug-likeness (QED) is 0.872. The van der Waals surface area contributed by atoms with Gasteiger partial charge in [-0.1, -0.05) is 6.07 Å². The van der Waals surface area contributed by atoms with Crippen LogP contribution in [0.5, 0.6) is 0 Å². The first-order valence-corrected chi connectivity index (χ1v) is 7.43. The van der Waals surface area contributed by atoms with Crippen molar-refractivity contribution in [2.75, 3.05) is 4.72 Å². The largest absolute Gasteiger partial charge is 0.278 e. The minimum absolute atomic E-state index is 0.0365. The van der Waals surface area contributed by atoms with Crippen molar-refractivity contribution in [1.82, 2.24) is 4.98 Å². The molecule has 19 heavy (non-hydrogen) atoms. The molecular weight excluding hydrogens is 330 g/mol. The summed E-state index contributed by atoms with van der Waals surface area (Å²) in [4.78, 5) is 3.96. The molecule has 0 aliphatic rings. The molecule has 2 aromatic rings. The van der Waals surface area contributed by atoms with Crippen molar-refractivity contribution < 1.29 is 8.42 Å². The fourth-order valence-electron chi connectivity index (χ4n) is 1.38. The van der Waals surface area contributed by atoms with Gasteiger partial charge in [-0.15, -0.1) is 0 Å². The van der Waals surface area contributed by atoms with E-state index in [2.05, 4.69) is 25.6 Å². The van der Waals surface area contributed by atoms with Gasteiger partial charge in [0.2, 0.25) is 0 Å². The number of pyridine rings is 1. The van der Waals surface area contributed by atoms with Gasteiger partial charge in [0, 0.05) is 0 Å². The van der Waals surface area contributed by atoms with Crippen LogP contribution in [0.25, 0.3) is 0 Å². The number of aromatic nitrogens is 1. The average Bonchev–Trinajstić information content (AvgIpc) is 2.41. The highest BCUT2D eigenvalue weighted by Gasteiger charge is 2.14. The monoisotopic (exact) mass is 337 g/mol. The highest BCUT2D eigenvalue weighted by Crippen LogP contribution is 2.17. The Morgan fingerprint density at radius 1 is 1.26 bits per heavy atom. The van der Waals surface area contributed by atoms with Gasteiger partial charge in [0.05, 0.1) is 28.4 Å². The third-order valence-corrected chi connectivity index (χ3v) is 4.10. The second-order valence-electron chi connectivity index (χ2n) is 3.61. The first-order chi connectivity index (χ1) is 9.01. The lowest BCUT2D eigenvalue weighted by atomic mass is 10.2. The minimum Gasteiger partial charge on any atom is -0.278 e. The van der Waals surface area contributed by atoms with Crippen molar-refractivity contribution in [2.45, 2.75) is 4.90 Å². The maximum absolute atomic E-state index is 12.1. The number of anilines is 1. The number of hydrogen-bond acceptors (Lipinski definition) is 4. The summed E-state index contributed by atoms with van der Waals surface area (Å²) in [6.45, 7) is 0.